The Bertz CT molecular complexity index is 704. The van der Waals surface area contributed by atoms with E-state index in [0.29, 0.717) is 0 Å². The van der Waals surface area contributed by atoms with Gasteiger partial charge in [0.1, 0.15) is 5.75 Å². The molecule has 0 heterocycles. The van der Waals surface area contributed by atoms with Gasteiger partial charge in [0.05, 0.1) is 21.3 Å². The molecule has 0 bridgehead atoms. The van der Waals surface area contributed by atoms with Crippen LogP contribution in [0, 0.1) is 6.92 Å². The van der Waals surface area contributed by atoms with Gasteiger partial charge in [-0.2, -0.15) is 0 Å². The molecule has 116 valence electrons. The Balaban J connectivity index is 2.30. The Labute approximate surface area is 131 Å². The molecule has 2 aromatic carbocycles. The second-order valence-corrected chi connectivity index (χ2v) is 5.67. The van der Waals surface area contributed by atoms with Gasteiger partial charge in [0, 0.05) is 5.56 Å². The lowest BCUT2D eigenvalue weighted by Gasteiger charge is -2.19. The molecular weight excluding hydrogens is 276 g/mol. The molecule has 0 fully saturated rings. The van der Waals surface area contributed by atoms with Crippen LogP contribution in [-0.2, 0) is 12.8 Å². The number of fused-ring (bicyclic) bond motifs is 3. The molecule has 1 aliphatic carbocycles. The van der Waals surface area contributed by atoms with Crippen molar-refractivity contribution in [1.29, 1.82) is 0 Å². The van der Waals surface area contributed by atoms with Crippen LogP contribution in [0.3, 0.4) is 0 Å². The van der Waals surface area contributed by atoms with E-state index in [0.717, 1.165) is 42.1 Å². The molecule has 3 nitrogen and oxygen atoms in total. The Morgan fingerprint density at radius 3 is 2.23 bits per heavy atom. The van der Waals surface area contributed by atoms with E-state index < -0.39 is 0 Å². The lowest BCUT2D eigenvalue weighted by molar-refractivity contribution is 0.353. The average molecular weight is 298 g/mol. The van der Waals surface area contributed by atoms with Crippen LogP contribution in [-0.4, -0.2) is 21.3 Å². The van der Waals surface area contributed by atoms with Crippen LogP contribution in [0.5, 0.6) is 17.2 Å². The van der Waals surface area contributed by atoms with Gasteiger partial charge >= 0.3 is 0 Å². The summed E-state index contributed by atoms with van der Waals surface area (Å²) in [6.45, 7) is 2.07. The van der Waals surface area contributed by atoms with Crippen molar-refractivity contribution >= 4 is 0 Å². The van der Waals surface area contributed by atoms with Crippen LogP contribution < -0.4 is 14.2 Å². The zero-order chi connectivity index (χ0) is 15.7. The topological polar surface area (TPSA) is 27.7 Å². The summed E-state index contributed by atoms with van der Waals surface area (Å²) in [5.41, 5.74) is 6.15. The van der Waals surface area contributed by atoms with Crippen molar-refractivity contribution in [1.82, 2.24) is 0 Å². The van der Waals surface area contributed by atoms with Crippen LogP contribution in [0.25, 0.3) is 11.1 Å². The fourth-order valence-corrected chi connectivity index (χ4v) is 3.40. The average Bonchev–Trinajstić information content (AvgIpc) is 2.71. The van der Waals surface area contributed by atoms with Crippen molar-refractivity contribution in [3.05, 3.63) is 41.0 Å². The lowest BCUT2D eigenvalue weighted by atomic mass is 9.93. The van der Waals surface area contributed by atoms with Crippen LogP contribution in [0.2, 0.25) is 0 Å². The molecule has 0 saturated carbocycles. The molecule has 0 N–H and O–H groups in total. The number of hydrogen-bond acceptors (Lipinski definition) is 3. The summed E-state index contributed by atoms with van der Waals surface area (Å²) in [6.07, 6.45) is 3.22. The van der Waals surface area contributed by atoms with E-state index in [4.69, 9.17) is 14.2 Å². The van der Waals surface area contributed by atoms with E-state index >= 15 is 0 Å². The zero-order valence-corrected chi connectivity index (χ0v) is 13.7. The second kappa shape index (κ2) is 5.91. The summed E-state index contributed by atoms with van der Waals surface area (Å²) in [5.74, 6) is 2.57. The third kappa shape index (κ3) is 2.31. The van der Waals surface area contributed by atoms with Gasteiger partial charge < -0.3 is 14.2 Å². The predicted molar refractivity (Wildman–Crippen MR) is 88.3 cm³/mol. The van der Waals surface area contributed by atoms with Crippen LogP contribution >= 0.6 is 0 Å². The van der Waals surface area contributed by atoms with Crippen molar-refractivity contribution in [3.8, 4) is 28.4 Å². The maximum atomic E-state index is 5.73. The minimum absolute atomic E-state index is 0.824. The maximum absolute atomic E-state index is 5.73. The third-order valence-electron chi connectivity index (χ3n) is 4.39. The molecule has 0 unspecified atom stereocenters. The van der Waals surface area contributed by atoms with Crippen LogP contribution in [0.4, 0.5) is 0 Å². The first-order chi connectivity index (χ1) is 10.7. The van der Waals surface area contributed by atoms with E-state index in [1.165, 1.54) is 22.3 Å². The summed E-state index contributed by atoms with van der Waals surface area (Å²) in [6, 6.07) is 8.52. The first-order valence-electron chi connectivity index (χ1n) is 7.61. The maximum Gasteiger partial charge on any atom is 0.169 e. The first kappa shape index (κ1) is 14.8. The number of methoxy groups -OCH3 is 3. The van der Waals surface area contributed by atoms with E-state index in [9.17, 15) is 0 Å². The van der Waals surface area contributed by atoms with Gasteiger partial charge in [0.15, 0.2) is 11.5 Å². The molecule has 1 aliphatic rings. The standard InChI is InChI=1S/C19H22O3/c1-12-10-14-7-5-6-13-11-15(20-2)8-9-16(13)17(14)19(22-4)18(12)21-3/h8-11H,5-7H2,1-4H3. The second-order valence-electron chi connectivity index (χ2n) is 5.67. The smallest absolute Gasteiger partial charge is 0.169 e. The Hall–Kier alpha value is -2.16. The zero-order valence-electron chi connectivity index (χ0n) is 13.7. The summed E-state index contributed by atoms with van der Waals surface area (Å²) in [7, 11) is 5.12. The van der Waals surface area contributed by atoms with Crippen LogP contribution in [0.15, 0.2) is 24.3 Å². The number of benzene rings is 2. The van der Waals surface area contributed by atoms with E-state index in [2.05, 4.69) is 25.1 Å². The monoisotopic (exact) mass is 298 g/mol. The van der Waals surface area contributed by atoms with E-state index in [1.54, 1.807) is 21.3 Å². The quantitative estimate of drug-likeness (QED) is 0.851. The molecule has 0 spiro atoms. The van der Waals surface area contributed by atoms with Gasteiger partial charge in [-0.3, -0.25) is 0 Å². The van der Waals surface area contributed by atoms with E-state index in [1.807, 2.05) is 6.07 Å². The fraction of sp³-hybridized carbons (Fsp3) is 0.368. The highest BCUT2D eigenvalue weighted by Gasteiger charge is 2.23. The Kier molecular flexibility index (Phi) is 3.97. The molecular formula is C19H22O3. The van der Waals surface area contributed by atoms with Crippen molar-refractivity contribution < 1.29 is 14.2 Å². The highest BCUT2D eigenvalue weighted by molar-refractivity contribution is 5.81. The van der Waals surface area contributed by atoms with Gasteiger partial charge in [-0.05, 0) is 60.6 Å². The third-order valence-corrected chi connectivity index (χ3v) is 4.39. The minimum atomic E-state index is 0.824. The van der Waals surface area contributed by atoms with E-state index in [-0.39, 0.29) is 0 Å². The fourth-order valence-electron chi connectivity index (χ4n) is 3.40. The lowest BCUT2D eigenvalue weighted by Crippen LogP contribution is -2.00. The van der Waals surface area contributed by atoms with Crippen LogP contribution in [0.1, 0.15) is 23.1 Å². The largest absolute Gasteiger partial charge is 0.497 e. The number of aryl methyl sites for hydroxylation is 3. The predicted octanol–water partition coefficient (Wildman–Crippen LogP) is 4.18. The van der Waals surface area contributed by atoms with Gasteiger partial charge in [0.2, 0.25) is 0 Å². The molecule has 0 saturated heterocycles. The van der Waals surface area contributed by atoms with Crippen molar-refractivity contribution in [2.45, 2.75) is 26.2 Å². The summed E-state index contributed by atoms with van der Waals surface area (Å²) < 4.78 is 16.7. The number of hydrogen-bond donors (Lipinski definition) is 0. The molecule has 0 atom stereocenters. The van der Waals surface area contributed by atoms with Gasteiger partial charge in [0.25, 0.3) is 0 Å². The molecule has 22 heavy (non-hydrogen) atoms. The summed E-state index contributed by atoms with van der Waals surface area (Å²) >= 11 is 0. The SMILES string of the molecule is COc1ccc2c(c1)CCCc1cc(C)c(OC)c(OC)c1-2. The first-order valence-corrected chi connectivity index (χ1v) is 7.61. The summed E-state index contributed by atoms with van der Waals surface area (Å²) in [4.78, 5) is 0. The van der Waals surface area contributed by atoms with Crippen molar-refractivity contribution in [2.24, 2.45) is 0 Å². The molecule has 3 heteroatoms. The van der Waals surface area contributed by atoms with Crippen molar-refractivity contribution in [2.75, 3.05) is 21.3 Å². The Morgan fingerprint density at radius 1 is 0.818 bits per heavy atom. The highest BCUT2D eigenvalue weighted by atomic mass is 16.5. The van der Waals surface area contributed by atoms with Crippen molar-refractivity contribution in [3.63, 3.8) is 0 Å². The molecule has 0 radical (unpaired) electrons. The molecule has 2 aromatic rings. The number of ether oxygens (including phenoxy) is 3. The molecule has 0 aliphatic heterocycles. The molecule has 0 aromatic heterocycles. The minimum Gasteiger partial charge on any atom is -0.497 e. The normalized spacial score (nSPS) is 12.9. The highest BCUT2D eigenvalue weighted by Crippen LogP contribution is 2.46. The van der Waals surface area contributed by atoms with Gasteiger partial charge in [-0.25, -0.2) is 0 Å². The number of rotatable bonds is 3. The van der Waals surface area contributed by atoms with Gasteiger partial charge in [-0.1, -0.05) is 12.1 Å². The summed E-state index contributed by atoms with van der Waals surface area (Å²) in [5, 5.41) is 0. The van der Waals surface area contributed by atoms with Gasteiger partial charge in [-0.15, -0.1) is 0 Å². The Morgan fingerprint density at radius 2 is 1.55 bits per heavy atom. The molecule has 3 rings (SSSR count). The molecule has 0 amide bonds.